The van der Waals surface area contributed by atoms with Gasteiger partial charge >= 0.3 is 0 Å². The molecule has 152 valence electrons. The first-order valence-electron chi connectivity index (χ1n) is 10.4. The van der Waals surface area contributed by atoms with Crippen molar-refractivity contribution in [2.45, 2.75) is 5.54 Å². The van der Waals surface area contributed by atoms with Crippen LogP contribution in [-0.2, 0) is 19.2 Å². The molecule has 2 N–H and O–H groups in total. The lowest BCUT2D eigenvalue weighted by molar-refractivity contribution is -0.138. The summed E-state index contributed by atoms with van der Waals surface area (Å²) in [5, 5.41) is 5.01. The number of hydrogen-bond donors (Lipinski definition) is 2. The number of hydrogen-bond acceptors (Lipinski definition) is 5. The van der Waals surface area contributed by atoms with E-state index in [1.54, 1.807) is 0 Å². The number of allylic oxidation sites excluding steroid dienone is 1. The van der Waals surface area contributed by atoms with E-state index in [9.17, 15) is 19.2 Å². The zero-order valence-electron chi connectivity index (χ0n) is 16.2. The number of nitrogens with zero attached hydrogens (tertiary/aromatic N) is 1. The minimum Gasteiger partial charge on any atom is -0.329 e. The Morgan fingerprint density at radius 2 is 1.29 bits per heavy atom. The van der Waals surface area contributed by atoms with Gasteiger partial charge in [-0.3, -0.25) is 29.8 Å². The van der Waals surface area contributed by atoms with Crippen LogP contribution in [0.4, 0.5) is 11.4 Å². The maximum atomic E-state index is 13.2. The fraction of sp³-hybridized carbons (Fsp3) is 0.250. The molecule has 3 heterocycles. The summed E-state index contributed by atoms with van der Waals surface area (Å²) in [6.07, 6.45) is 1.99. The number of benzene rings is 2. The van der Waals surface area contributed by atoms with Crippen molar-refractivity contribution in [3.63, 3.8) is 0 Å². The second kappa shape index (κ2) is 5.29. The SMILES string of the molecule is O=C1NC(=O)[C@@H]2[C@H]1C1C=C3c4ccccc4N(c4ccccc4)C32[C@H]2C(=O)NC(=O)[C@H]12. The van der Waals surface area contributed by atoms with Gasteiger partial charge in [0, 0.05) is 22.9 Å². The van der Waals surface area contributed by atoms with Gasteiger partial charge in [-0.25, -0.2) is 0 Å². The summed E-state index contributed by atoms with van der Waals surface area (Å²) < 4.78 is 0. The molecule has 2 aromatic carbocycles. The lowest BCUT2D eigenvalue weighted by Gasteiger charge is -2.57. The summed E-state index contributed by atoms with van der Waals surface area (Å²) in [7, 11) is 0. The van der Waals surface area contributed by atoms with Crippen molar-refractivity contribution in [2.24, 2.45) is 29.6 Å². The molecule has 3 aliphatic heterocycles. The topological polar surface area (TPSA) is 95.6 Å². The number of carbonyl (C=O) groups excluding carboxylic acids is 4. The summed E-state index contributed by atoms with van der Waals surface area (Å²) >= 11 is 0. The van der Waals surface area contributed by atoms with Crippen molar-refractivity contribution in [1.29, 1.82) is 0 Å². The van der Waals surface area contributed by atoms with Crippen LogP contribution < -0.4 is 15.5 Å². The zero-order chi connectivity index (χ0) is 21.1. The van der Waals surface area contributed by atoms with Crippen LogP contribution in [0.5, 0.6) is 0 Å². The molecule has 8 rings (SSSR count). The summed E-state index contributed by atoms with van der Waals surface area (Å²) in [5.74, 6) is -4.80. The van der Waals surface area contributed by atoms with Crippen molar-refractivity contribution >= 4 is 40.6 Å². The van der Waals surface area contributed by atoms with Gasteiger partial charge in [0.2, 0.25) is 23.6 Å². The van der Waals surface area contributed by atoms with E-state index in [4.69, 9.17) is 0 Å². The lowest BCUT2D eigenvalue weighted by atomic mass is 9.47. The van der Waals surface area contributed by atoms with Crippen LogP contribution in [-0.4, -0.2) is 29.2 Å². The monoisotopic (exact) mass is 411 g/mol. The van der Waals surface area contributed by atoms with E-state index in [-0.39, 0.29) is 23.6 Å². The van der Waals surface area contributed by atoms with E-state index in [0.717, 1.165) is 22.5 Å². The molecule has 4 amide bonds. The van der Waals surface area contributed by atoms with E-state index in [1.165, 1.54) is 0 Å². The number of amides is 4. The molecule has 2 aromatic rings. The molecule has 3 aliphatic carbocycles. The number of imide groups is 2. The highest BCUT2D eigenvalue weighted by atomic mass is 16.2. The quantitative estimate of drug-likeness (QED) is 0.692. The summed E-state index contributed by atoms with van der Waals surface area (Å²) in [5.41, 5.74) is 2.36. The van der Waals surface area contributed by atoms with Crippen LogP contribution in [0.1, 0.15) is 5.56 Å². The van der Waals surface area contributed by atoms with Gasteiger partial charge in [0.15, 0.2) is 0 Å². The van der Waals surface area contributed by atoms with Gasteiger partial charge in [0.1, 0.15) is 0 Å². The van der Waals surface area contributed by atoms with Crippen LogP contribution in [0.3, 0.4) is 0 Å². The minimum atomic E-state index is -1.14. The fourth-order valence-electron chi connectivity index (χ4n) is 6.95. The van der Waals surface area contributed by atoms with Crippen LogP contribution >= 0.6 is 0 Å². The zero-order valence-corrected chi connectivity index (χ0v) is 16.2. The number of carbonyl (C=O) groups is 4. The van der Waals surface area contributed by atoms with Crippen LogP contribution in [0.25, 0.3) is 5.57 Å². The molecule has 0 aromatic heterocycles. The highest BCUT2D eigenvalue weighted by Crippen LogP contribution is 2.69. The summed E-state index contributed by atoms with van der Waals surface area (Å²) in [6, 6.07) is 17.4. The fourth-order valence-corrected chi connectivity index (χ4v) is 6.95. The van der Waals surface area contributed by atoms with Gasteiger partial charge in [-0.1, -0.05) is 42.5 Å². The smallest absolute Gasteiger partial charge is 0.233 e. The van der Waals surface area contributed by atoms with E-state index in [0.29, 0.717) is 0 Å². The largest absolute Gasteiger partial charge is 0.329 e. The highest BCUT2D eigenvalue weighted by molar-refractivity contribution is 6.17. The first-order chi connectivity index (χ1) is 15.0. The number of nitrogens with one attached hydrogen (secondary N) is 2. The Labute approximate surface area is 177 Å². The van der Waals surface area contributed by atoms with Gasteiger partial charge in [-0.15, -0.1) is 0 Å². The molecule has 2 unspecified atom stereocenters. The van der Waals surface area contributed by atoms with Gasteiger partial charge in [0.05, 0.1) is 29.2 Å². The molecule has 7 nitrogen and oxygen atoms in total. The molecule has 1 saturated carbocycles. The average molecular weight is 411 g/mol. The average Bonchev–Trinajstić information content (AvgIpc) is 3.37. The molecular weight excluding hydrogens is 394 g/mol. The predicted octanol–water partition coefficient (Wildman–Crippen LogP) is 1.38. The summed E-state index contributed by atoms with van der Waals surface area (Å²) in [4.78, 5) is 54.3. The van der Waals surface area contributed by atoms with Crippen molar-refractivity contribution in [3.05, 3.63) is 66.2 Å². The standard InChI is InChI=1S/C24H17N3O4/c28-20-16-13-10-14-12-8-4-5-9-15(12)27(11-6-2-1-3-7-11)24(14,18(16)22(30)25-20)19-17(13)21(29)26-23(19)31/h1-10,13,16-19H,(H,25,28,30)(H,26,29,31)/t13?,16-,17-,18-,19+,24?/m1/s1. The van der Waals surface area contributed by atoms with Gasteiger partial charge < -0.3 is 4.90 Å². The third-order valence-corrected chi connectivity index (χ3v) is 7.77. The van der Waals surface area contributed by atoms with E-state index in [1.807, 2.05) is 65.6 Å². The number of fused-ring (bicyclic) bond motifs is 1. The number of para-hydroxylation sites is 2. The van der Waals surface area contributed by atoms with Gasteiger partial charge in [-0.05, 0) is 23.8 Å². The lowest BCUT2D eigenvalue weighted by Crippen LogP contribution is -2.68. The number of anilines is 2. The molecule has 6 atom stereocenters. The van der Waals surface area contributed by atoms with Crippen LogP contribution in [0.15, 0.2) is 60.7 Å². The molecule has 7 heteroatoms. The van der Waals surface area contributed by atoms with Crippen molar-refractivity contribution in [2.75, 3.05) is 4.90 Å². The molecule has 2 bridgehead atoms. The Hall–Kier alpha value is -3.74. The van der Waals surface area contributed by atoms with Crippen molar-refractivity contribution < 1.29 is 19.2 Å². The third kappa shape index (κ3) is 1.70. The molecule has 3 fully saturated rings. The Kier molecular flexibility index (Phi) is 2.90. The summed E-state index contributed by atoms with van der Waals surface area (Å²) in [6.45, 7) is 0. The van der Waals surface area contributed by atoms with E-state index >= 15 is 0 Å². The maximum absolute atomic E-state index is 13.2. The first kappa shape index (κ1) is 17.0. The molecule has 6 aliphatic rings. The number of rotatable bonds is 1. The second-order valence-electron chi connectivity index (χ2n) is 8.89. The van der Waals surface area contributed by atoms with Gasteiger partial charge in [-0.2, -0.15) is 0 Å². The Balaban J connectivity index is 1.62. The Morgan fingerprint density at radius 1 is 0.710 bits per heavy atom. The molecule has 31 heavy (non-hydrogen) atoms. The van der Waals surface area contributed by atoms with E-state index < -0.39 is 35.1 Å². The van der Waals surface area contributed by atoms with Crippen LogP contribution in [0, 0.1) is 29.6 Å². The minimum absolute atomic E-state index is 0.357. The highest BCUT2D eigenvalue weighted by Gasteiger charge is 2.77. The molecule has 0 radical (unpaired) electrons. The second-order valence-corrected chi connectivity index (χ2v) is 8.89. The predicted molar refractivity (Wildman–Crippen MR) is 109 cm³/mol. The third-order valence-electron chi connectivity index (χ3n) is 7.77. The normalized spacial score (nSPS) is 36.5. The first-order valence-corrected chi connectivity index (χ1v) is 10.4. The Bertz CT molecular complexity index is 1220. The molecule has 2 saturated heterocycles. The van der Waals surface area contributed by atoms with Crippen molar-refractivity contribution in [3.8, 4) is 0 Å². The van der Waals surface area contributed by atoms with Crippen LogP contribution in [0.2, 0.25) is 0 Å². The van der Waals surface area contributed by atoms with E-state index in [2.05, 4.69) is 10.6 Å². The van der Waals surface area contributed by atoms with Crippen molar-refractivity contribution in [1.82, 2.24) is 10.6 Å². The molecular formula is C24H17N3O4. The Morgan fingerprint density at radius 3 is 1.94 bits per heavy atom. The van der Waals surface area contributed by atoms with Gasteiger partial charge in [0.25, 0.3) is 0 Å². The molecule has 1 spiro atoms. The maximum Gasteiger partial charge on any atom is 0.233 e.